The van der Waals surface area contributed by atoms with Crippen LogP contribution in [0.25, 0.3) is 0 Å². The van der Waals surface area contributed by atoms with E-state index in [0.717, 1.165) is 57.3 Å². The van der Waals surface area contributed by atoms with Gasteiger partial charge >= 0.3 is 0 Å². The Labute approximate surface area is 183 Å². The van der Waals surface area contributed by atoms with Crippen molar-refractivity contribution in [1.29, 1.82) is 0 Å². The lowest BCUT2D eigenvalue weighted by Gasteiger charge is -2.61. The van der Waals surface area contributed by atoms with Gasteiger partial charge in [0.05, 0.1) is 5.71 Å². The highest BCUT2D eigenvalue weighted by atomic mass is 17.0. The van der Waals surface area contributed by atoms with Gasteiger partial charge in [0.2, 0.25) is 0 Å². The molecule has 1 aliphatic heterocycles. The van der Waals surface area contributed by atoms with E-state index in [0.29, 0.717) is 42.8 Å². The summed E-state index contributed by atoms with van der Waals surface area (Å²) < 4.78 is 0. The topological polar surface area (TPSA) is 103 Å². The third-order valence-corrected chi connectivity index (χ3v) is 9.77. The van der Waals surface area contributed by atoms with Crippen LogP contribution >= 0.6 is 0 Å². The molecule has 0 aromatic heterocycles. The first kappa shape index (κ1) is 21.2. The summed E-state index contributed by atoms with van der Waals surface area (Å²) in [5.74, 6) is 1.62. The van der Waals surface area contributed by atoms with E-state index in [4.69, 9.17) is 9.68 Å². The van der Waals surface area contributed by atoms with Crippen LogP contribution in [-0.2, 0) is 14.5 Å². The molecular weight excluding hydrogens is 398 g/mol. The van der Waals surface area contributed by atoms with Gasteiger partial charge in [-0.2, -0.15) is 0 Å². The van der Waals surface area contributed by atoms with Crippen LogP contribution in [0.5, 0.6) is 0 Å². The maximum Gasteiger partial charge on any atom is 0.294 e. The van der Waals surface area contributed by atoms with Crippen LogP contribution in [0.15, 0.2) is 5.16 Å². The molecule has 0 spiro atoms. The minimum Gasteiger partial charge on any atom is -0.391 e. The SMILES string of the molecule is C[C@]12CCC(=NO[C@@H]3CCNC3)CC1[C@@H](O[N+](=O)[O-])CC1C2CC[C@]2(C)C(=O)CCC12. The number of hydrogen-bond donors (Lipinski definition) is 1. The molecule has 4 aliphatic carbocycles. The summed E-state index contributed by atoms with van der Waals surface area (Å²) in [5, 5.41) is 18.6. The van der Waals surface area contributed by atoms with E-state index in [1.165, 1.54) is 0 Å². The quantitative estimate of drug-likeness (QED) is 0.537. The zero-order valence-electron chi connectivity index (χ0n) is 18.7. The fraction of sp³-hybridized carbons (Fsp3) is 0.913. The predicted octanol–water partition coefficient (Wildman–Crippen LogP) is 3.52. The van der Waals surface area contributed by atoms with Gasteiger partial charge in [-0.1, -0.05) is 19.0 Å². The van der Waals surface area contributed by atoms with Crippen LogP contribution < -0.4 is 5.32 Å². The second kappa shape index (κ2) is 7.71. The molecule has 8 heteroatoms. The Morgan fingerprint density at radius 1 is 1.13 bits per heavy atom. The van der Waals surface area contributed by atoms with Crippen molar-refractivity contribution >= 4 is 11.5 Å². The fourth-order valence-electron chi connectivity index (χ4n) is 8.02. The summed E-state index contributed by atoms with van der Waals surface area (Å²) >= 11 is 0. The molecule has 1 saturated heterocycles. The highest BCUT2D eigenvalue weighted by molar-refractivity contribution is 5.87. The summed E-state index contributed by atoms with van der Waals surface area (Å²) in [5.41, 5.74) is 0.750. The molecule has 5 aliphatic rings. The van der Waals surface area contributed by atoms with E-state index >= 15 is 0 Å². The lowest BCUT2D eigenvalue weighted by atomic mass is 9.44. The summed E-state index contributed by atoms with van der Waals surface area (Å²) in [7, 11) is 0. The minimum atomic E-state index is -0.612. The maximum absolute atomic E-state index is 12.7. The Kier molecular flexibility index (Phi) is 5.26. The zero-order valence-corrected chi connectivity index (χ0v) is 18.7. The van der Waals surface area contributed by atoms with E-state index in [1.54, 1.807) is 0 Å². The molecule has 31 heavy (non-hydrogen) atoms. The van der Waals surface area contributed by atoms with Crippen molar-refractivity contribution in [3.63, 3.8) is 0 Å². The molecular formula is C23H35N3O5. The molecule has 172 valence electrons. The van der Waals surface area contributed by atoms with Crippen molar-refractivity contribution in [3.8, 4) is 0 Å². The minimum absolute atomic E-state index is 0.0233. The lowest BCUT2D eigenvalue weighted by Crippen LogP contribution is -2.58. The molecule has 0 radical (unpaired) electrons. The first-order valence-corrected chi connectivity index (χ1v) is 12.1. The standard InChI is InChI=1S/C23H35N3O5/c1-22-8-5-14(25-30-15-7-10-24-13-15)11-19(22)20(31-26(28)29)12-16-17-3-4-21(27)23(17,2)9-6-18(16)22/h15-20,24H,3-13H2,1-2H3/t15-,16?,17?,18?,19?,20+,22-,23+/m1/s1. The summed E-state index contributed by atoms with van der Waals surface area (Å²) in [6, 6.07) is 0. The van der Waals surface area contributed by atoms with Gasteiger partial charge in [-0.05, 0) is 80.6 Å². The number of carbonyl (C=O) groups excluding carboxylic acids is 1. The Balaban J connectivity index is 1.40. The van der Waals surface area contributed by atoms with E-state index in [9.17, 15) is 14.9 Å². The van der Waals surface area contributed by atoms with Crippen LogP contribution in [0.4, 0.5) is 0 Å². The molecule has 4 unspecified atom stereocenters. The number of Topliss-reactive ketones (excluding diaryl/α,β-unsaturated/α-hetero) is 1. The number of fused-ring (bicyclic) bond motifs is 5. The fourth-order valence-corrected chi connectivity index (χ4v) is 8.02. The van der Waals surface area contributed by atoms with Crippen LogP contribution in [0.3, 0.4) is 0 Å². The molecule has 1 N–H and O–H groups in total. The number of rotatable bonds is 4. The molecule has 0 aromatic rings. The summed E-state index contributed by atoms with van der Waals surface area (Å²) in [4.78, 5) is 35.2. The molecule has 1 heterocycles. The number of hydrogen-bond acceptors (Lipinski definition) is 7. The van der Waals surface area contributed by atoms with Gasteiger partial charge in [0.1, 0.15) is 18.0 Å². The van der Waals surface area contributed by atoms with Crippen molar-refractivity contribution in [1.82, 2.24) is 5.32 Å². The van der Waals surface area contributed by atoms with Crippen LogP contribution in [0.2, 0.25) is 0 Å². The van der Waals surface area contributed by atoms with Crippen molar-refractivity contribution < 1.29 is 19.6 Å². The van der Waals surface area contributed by atoms with Gasteiger partial charge in [-0.3, -0.25) is 4.79 Å². The van der Waals surface area contributed by atoms with Crippen LogP contribution in [0, 0.1) is 44.6 Å². The second-order valence-electron chi connectivity index (χ2n) is 11.1. The van der Waals surface area contributed by atoms with Crippen molar-refractivity contribution in [2.45, 2.75) is 83.8 Å². The Bertz CT molecular complexity index is 781. The van der Waals surface area contributed by atoms with E-state index in [-0.39, 0.29) is 22.9 Å². The number of nitrogens with one attached hydrogen (secondary N) is 1. The molecule has 4 saturated carbocycles. The van der Waals surface area contributed by atoms with Gasteiger partial charge in [-0.15, -0.1) is 10.1 Å². The lowest BCUT2D eigenvalue weighted by molar-refractivity contribution is -0.772. The zero-order chi connectivity index (χ0) is 21.8. The summed E-state index contributed by atoms with van der Waals surface area (Å²) in [6.07, 6.45) is 7.47. The largest absolute Gasteiger partial charge is 0.391 e. The van der Waals surface area contributed by atoms with E-state index in [1.807, 2.05) is 0 Å². The molecule has 0 amide bonds. The van der Waals surface area contributed by atoms with Crippen molar-refractivity contribution in [3.05, 3.63) is 10.1 Å². The molecule has 5 rings (SSSR count). The van der Waals surface area contributed by atoms with Gasteiger partial charge < -0.3 is 15.0 Å². The third kappa shape index (κ3) is 3.45. The van der Waals surface area contributed by atoms with Crippen LogP contribution in [0.1, 0.15) is 71.6 Å². The second-order valence-corrected chi connectivity index (χ2v) is 11.1. The highest BCUT2D eigenvalue weighted by Crippen LogP contribution is 2.65. The first-order valence-electron chi connectivity index (χ1n) is 12.1. The average molecular weight is 434 g/mol. The maximum atomic E-state index is 12.7. The number of nitrogens with zero attached hydrogens (tertiary/aromatic N) is 2. The molecule has 0 aromatic carbocycles. The number of oxime groups is 1. The van der Waals surface area contributed by atoms with Crippen LogP contribution in [-0.4, -0.2) is 41.9 Å². The molecule has 8 atom stereocenters. The predicted molar refractivity (Wildman–Crippen MR) is 114 cm³/mol. The van der Waals surface area contributed by atoms with E-state index < -0.39 is 11.2 Å². The first-order chi connectivity index (χ1) is 14.8. The van der Waals surface area contributed by atoms with Gasteiger partial charge in [0.25, 0.3) is 5.09 Å². The average Bonchev–Trinajstić information content (AvgIpc) is 3.35. The number of carbonyl (C=O) groups is 1. The van der Waals surface area contributed by atoms with Gasteiger partial charge in [-0.25, -0.2) is 0 Å². The molecule has 8 nitrogen and oxygen atoms in total. The molecule has 5 fully saturated rings. The number of ketones is 1. The van der Waals surface area contributed by atoms with Crippen molar-refractivity contribution in [2.75, 3.05) is 13.1 Å². The van der Waals surface area contributed by atoms with Gasteiger partial charge in [0.15, 0.2) is 0 Å². The third-order valence-electron chi connectivity index (χ3n) is 9.77. The Morgan fingerprint density at radius 3 is 2.71 bits per heavy atom. The Morgan fingerprint density at radius 2 is 1.97 bits per heavy atom. The monoisotopic (exact) mass is 433 g/mol. The van der Waals surface area contributed by atoms with Crippen molar-refractivity contribution in [2.24, 2.45) is 39.7 Å². The Hall–Kier alpha value is -1.70. The summed E-state index contributed by atoms with van der Waals surface area (Å²) in [6.45, 7) is 6.25. The van der Waals surface area contributed by atoms with E-state index in [2.05, 4.69) is 24.3 Å². The highest BCUT2D eigenvalue weighted by Gasteiger charge is 2.62. The smallest absolute Gasteiger partial charge is 0.294 e. The molecule has 0 bridgehead atoms. The normalized spacial score (nSPS) is 48.1. The van der Waals surface area contributed by atoms with Gasteiger partial charge in [0, 0.05) is 24.8 Å².